The highest BCUT2D eigenvalue weighted by Crippen LogP contribution is 2.16. The maximum atomic E-state index is 12.0. The molecule has 0 radical (unpaired) electrons. The summed E-state index contributed by atoms with van der Waals surface area (Å²) >= 11 is 0. The average Bonchev–Trinajstić information content (AvgIpc) is 3.03. The molecule has 0 aliphatic rings. The standard InChI is InChI=1S/C13H16N4O3/c1-7-11(8(2)17-16-7)15-12(18)9(3)14-13(19)10-5-4-6-20-10/h4-6,9H,1-3H3,(H,14,19)(H,15,18)(H,16,17). The number of aromatic amines is 1. The zero-order valence-corrected chi connectivity index (χ0v) is 11.5. The Morgan fingerprint density at radius 3 is 2.70 bits per heavy atom. The number of hydrogen-bond donors (Lipinski definition) is 3. The fourth-order valence-electron chi connectivity index (χ4n) is 1.71. The van der Waals surface area contributed by atoms with Crippen LogP contribution in [0.25, 0.3) is 0 Å². The van der Waals surface area contributed by atoms with Gasteiger partial charge >= 0.3 is 0 Å². The van der Waals surface area contributed by atoms with Crippen molar-refractivity contribution < 1.29 is 14.0 Å². The second-order valence-electron chi connectivity index (χ2n) is 4.47. The van der Waals surface area contributed by atoms with E-state index in [2.05, 4.69) is 20.8 Å². The Balaban J connectivity index is 1.97. The Kier molecular flexibility index (Phi) is 3.88. The number of hydrogen-bond acceptors (Lipinski definition) is 4. The summed E-state index contributed by atoms with van der Waals surface area (Å²) in [6, 6.07) is 2.45. The molecule has 0 fully saturated rings. The molecule has 2 aromatic rings. The SMILES string of the molecule is Cc1n[nH]c(C)c1NC(=O)C(C)NC(=O)c1ccco1. The Morgan fingerprint density at radius 2 is 2.15 bits per heavy atom. The third kappa shape index (κ3) is 2.87. The minimum absolute atomic E-state index is 0.167. The van der Waals surface area contributed by atoms with Gasteiger partial charge in [-0.1, -0.05) is 0 Å². The van der Waals surface area contributed by atoms with Crippen molar-refractivity contribution >= 4 is 17.5 Å². The highest BCUT2D eigenvalue weighted by atomic mass is 16.3. The van der Waals surface area contributed by atoms with Gasteiger partial charge in [-0.05, 0) is 32.9 Å². The van der Waals surface area contributed by atoms with E-state index in [-0.39, 0.29) is 11.7 Å². The first-order valence-electron chi connectivity index (χ1n) is 6.16. The second kappa shape index (κ2) is 5.60. The number of rotatable bonds is 4. The third-order valence-electron chi connectivity index (χ3n) is 2.86. The molecule has 0 spiro atoms. The maximum Gasteiger partial charge on any atom is 0.287 e. The van der Waals surface area contributed by atoms with Crippen molar-refractivity contribution in [1.82, 2.24) is 15.5 Å². The molecule has 0 aliphatic carbocycles. The molecule has 7 nitrogen and oxygen atoms in total. The number of carbonyl (C=O) groups excluding carboxylic acids is 2. The number of carbonyl (C=O) groups is 2. The van der Waals surface area contributed by atoms with E-state index in [0.29, 0.717) is 11.4 Å². The highest BCUT2D eigenvalue weighted by Gasteiger charge is 2.19. The topological polar surface area (TPSA) is 100 Å². The minimum Gasteiger partial charge on any atom is -0.459 e. The number of aryl methyl sites for hydroxylation is 2. The molecule has 2 heterocycles. The summed E-state index contributed by atoms with van der Waals surface area (Å²) in [6.45, 7) is 5.19. The Labute approximate surface area is 115 Å². The van der Waals surface area contributed by atoms with Gasteiger partial charge in [-0.15, -0.1) is 0 Å². The summed E-state index contributed by atoms with van der Waals surface area (Å²) in [4.78, 5) is 23.8. The lowest BCUT2D eigenvalue weighted by Crippen LogP contribution is -2.41. The Bertz CT molecular complexity index is 596. The first-order chi connectivity index (χ1) is 9.49. The van der Waals surface area contributed by atoms with Crippen LogP contribution in [0.1, 0.15) is 28.9 Å². The van der Waals surface area contributed by atoms with Gasteiger partial charge in [0.05, 0.1) is 23.3 Å². The monoisotopic (exact) mass is 276 g/mol. The minimum atomic E-state index is -0.693. The lowest BCUT2D eigenvalue weighted by Gasteiger charge is -2.13. The van der Waals surface area contributed by atoms with Gasteiger partial charge in [-0.3, -0.25) is 14.7 Å². The first kappa shape index (κ1) is 13.9. The molecular weight excluding hydrogens is 260 g/mol. The average molecular weight is 276 g/mol. The van der Waals surface area contributed by atoms with Crippen LogP contribution in [0.3, 0.4) is 0 Å². The molecule has 2 aromatic heterocycles. The predicted octanol–water partition coefficient (Wildman–Crippen LogP) is 1.38. The van der Waals surface area contributed by atoms with E-state index in [1.807, 2.05) is 6.92 Å². The molecular formula is C13H16N4O3. The molecule has 0 saturated carbocycles. The molecule has 1 atom stereocenters. The van der Waals surface area contributed by atoms with E-state index in [4.69, 9.17) is 4.42 Å². The summed E-state index contributed by atoms with van der Waals surface area (Å²) < 4.78 is 4.96. The van der Waals surface area contributed by atoms with E-state index < -0.39 is 11.9 Å². The van der Waals surface area contributed by atoms with Gasteiger partial charge in [0.2, 0.25) is 5.91 Å². The van der Waals surface area contributed by atoms with Crippen molar-refractivity contribution in [2.24, 2.45) is 0 Å². The van der Waals surface area contributed by atoms with Crippen LogP contribution in [-0.4, -0.2) is 28.1 Å². The van der Waals surface area contributed by atoms with Crippen LogP contribution in [0.2, 0.25) is 0 Å². The largest absolute Gasteiger partial charge is 0.459 e. The van der Waals surface area contributed by atoms with Crippen molar-refractivity contribution in [3.8, 4) is 0 Å². The van der Waals surface area contributed by atoms with Crippen molar-refractivity contribution in [3.05, 3.63) is 35.5 Å². The Morgan fingerprint density at radius 1 is 1.40 bits per heavy atom. The van der Waals surface area contributed by atoms with Crippen LogP contribution in [-0.2, 0) is 4.79 Å². The van der Waals surface area contributed by atoms with Crippen molar-refractivity contribution in [2.75, 3.05) is 5.32 Å². The number of anilines is 1. The molecule has 0 saturated heterocycles. The van der Waals surface area contributed by atoms with Crippen LogP contribution in [0.5, 0.6) is 0 Å². The third-order valence-corrected chi connectivity index (χ3v) is 2.86. The van der Waals surface area contributed by atoms with E-state index in [1.165, 1.54) is 12.3 Å². The van der Waals surface area contributed by atoms with Crippen LogP contribution in [0.4, 0.5) is 5.69 Å². The van der Waals surface area contributed by atoms with Gasteiger partial charge in [0.1, 0.15) is 6.04 Å². The lowest BCUT2D eigenvalue weighted by atomic mass is 10.2. The number of nitrogens with zero attached hydrogens (tertiary/aromatic N) is 1. The van der Waals surface area contributed by atoms with Crippen LogP contribution >= 0.6 is 0 Å². The van der Waals surface area contributed by atoms with Crippen molar-refractivity contribution in [2.45, 2.75) is 26.8 Å². The number of furan rings is 1. The summed E-state index contributed by atoms with van der Waals surface area (Å²) in [5.41, 5.74) is 2.09. The van der Waals surface area contributed by atoms with E-state index in [9.17, 15) is 9.59 Å². The van der Waals surface area contributed by atoms with Gasteiger partial charge in [-0.25, -0.2) is 0 Å². The molecule has 20 heavy (non-hydrogen) atoms. The highest BCUT2D eigenvalue weighted by molar-refractivity contribution is 6.00. The van der Waals surface area contributed by atoms with Crippen LogP contribution in [0, 0.1) is 13.8 Å². The summed E-state index contributed by atoms with van der Waals surface area (Å²) in [7, 11) is 0. The van der Waals surface area contributed by atoms with Gasteiger partial charge in [0, 0.05) is 0 Å². The first-order valence-corrected chi connectivity index (χ1v) is 6.16. The summed E-state index contributed by atoms with van der Waals surface area (Å²) in [5.74, 6) is -0.587. The summed E-state index contributed by atoms with van der Waals surface area (Å²) in [6.07, 6.45) is 1.40. The van der Waals surface area contributed by atoms with E-state index in [0.717, 1.165) is 5.69 Å². The summed E-state index contributed by atoms with van der Waals surface area (Å²) in [5, 5.41) is 12.1. The van der Waals surface area contributed by atoms with E-state index >= 15 is 0 Å². The number of aromatic nitrogens is 2. The number of amides is 2. The van der Waals surface area contributed by atoms with Gasteiger partial charge in [0.25, 0.3) is 5.91 Å². The molecule has 3 N–H and O–H groups in total. The maximum absolute atomic E-state index is 12.0. The molecule has 0 bridgehead atoms. The predicted molar refractivity (Wildman–Crippen MR) is 72.3 cm³/mol. The molecule has 0 aliphatic heterocycles. The molecule has 0 aromatic carbocycles. The molecule has 1 unspecified atom stereocenters. The fourth-order valence-corrected chi connectivity index (χ4v) is 1.71. The van der Waals surface area contributed by atoms with Crippen molar-refractivity contribution in [1.29, 1.82) is 0 Å². The smallest absolute Gasteiger partial charge is 0.287 e. The fraction of sp³-hybridized carbons (Fsp3) is 0.308. The number of nitrogens with one attached hydrogen (secondary N) is 3. The lowest BCUT2D eigenvalue weighted by molar-refractivity contribution is -0.117. The van der Waals surface area contributed by atoms with E-state index in [1.54, 1.807) is 19.9 Å². The van der Waals surface area contributed by atoms with Crippen LogP contribution < -0.4 is 10.6 Å². The van der Waals surface area contributed by atoms with Crippen LogP contribution in [0.15, 0.2) is 22.8 Å². The van der Waals surface area contributed by atoms with Gasteiger partial charge < -0.3 is 15.1 Å². The van der Waals surface area contributed by atoms with Gasteiger partial charge in [0.15, 0.2) is 5.76 Å². The number of H-pyrrole nitrogens is 1. The zero-order valence-electron chi connectivity index (χ0n) is 11.5. The van der Waals surface area contributed by atoms with Crippen molar-refractivity contribution in [3.63, 3.8) is 0 Å². The second-order valence-corrected chi connectivity index (χ2v) is 4.47. The zero-order chi connectivity index (χ0) is 14.7. The Hall–Kier alpha value is -2.57. The normalized spacial score (nSPS) is 11.9. The molecule has 7 heteroatoms. The van der Waals surface area contributed by atoms with Gasteiger partial charge in [-0.2, -0.15) is 5.10 Å². The quantitative estimate of drug-likeness (QED) is 0.785. The molecule has 106 valence electrons. The molecule has 2 amide bonds. The molecule has 2 rings (SSSR count).